The Kier molecular flexibility index (Phi) is 3.52. The first kappa shape index (κ1) is 12.6. The van der Waals surface area contributed by atoms with Crippen LogP contribution in [0, 0.1) is 6.92 Å². The summed E-state index contributed by atoms with van der Waals surface area (Å²) in [7, 11) is 0. The number of nitrogens with zero attached hydrogens (tertiary/aromatic N) is 4. The number of ether oxygens (including phenoxy) is 1. The molecule has 0 aromatic carbocycles. The van der Waals surface area contributed by atoms with E-state index in [1.54, 1.807) is 11.3 Å². The molecule has 19 heavy (non-hydrogen) atoms. The van der Waals surface area contributed by atoms with Gasteiger partial charge in [0.05, 0.1) is 18.9 Å². The SMILES string of the molecule is CCc1ncn(-c2csc(N3CCOCC3)n2)c1C. The third-order valence-corrected chi connectivity index (χ3v) is 4.34. The Bertz CT molecular complexity index is 557. The van der Waals surface area contributed by atoms with Crippen molar-refractivity contribution in [2.24, 2.45) is 0 Å². The van der Waals surface area contributed by atoms with Gasteiger partial charge < -0.3 is 9.64 Å². The Morgan fingerprint density at radius 2 is 2.16 bits per heavy atom. The molecular formula is C13H18N4OS. The number of morpholine rings is 1. The third-order valence-electron chi connectivity index (χ3n) is 3.45. The summed E-state index contributed by atoms with van der Waals surface area (Å²) in [5.74, 6) is 0.969. The topological polar surface area (TPSA) is 43.2 Å². The molecule has 0 atom stereocenters. The smallest absolute Gasteiger partial charge is 0.187 e. The standard InChI is InChI=1S/C13H18N4OS/c1-3-11-10(2)17(9-14-11)12-8-19-13(15-12)16-4-6-18-7-5-16/h8-9H,3-7H2,1-2H3. The highest BCUT2D eigenvalue weighted by Gasteiger charge is 2.16. The van der Waals surface area contributed by atoms with Gasteiger partial charge in [-0.05, 0) is 13.3 Å². The molecule has 102 valence electrons. The van der Waals surface area contributed by atoms with Crippen LogP contribution in [0.4, 0.5) is 5.13 Å². The monoisotopic (exact) mass is 278 g/mol. The van der Waals surface area contributed by atoms with Gasteiger partial charge in [-0.2, -0.15) is 0 Å². The van der Waals surface area contributed by atoms with E-state index < -0.39 is 0 Å². The summed E-state index contributed by atoms with van der Waals surface area (Å²) in [5.41, 5.74) is 2.32. The maximum Gasteiger partial charge on any atom is 0.187 e. The summed E-state index contributed by atoms with van der Waals surface area (Å²) in [4.78, 5) is 11.4. The van der Waals surface area contributed by atoms with Gasteiger partial charge in [-0.1, -0.05) is 6.92 Å². The maximum atomic E-state index is 5.37. The number of aromatic nitrogens is 3. The summed E-state index contributed by atoms with van der Waals surface area (Å²) in [5, 5.41) is 3.17. The average Bonchev–Trinajstić information content (AvgIpc) is 3.06. The summed E-state index contributed by atoms with van der Waals surface area (Å²) in [6.45, 7) is 7.66. The van der Waals surface area contributed by atoms with Crippen LogP contribution < -0.4 is 4.90 Å². The largest absolute Gasteiger partial charge is 0.378 e. The van der Waals surface area contributed by atoms with Crippen LogP contribution in [0.1, 0.15) is 18.3 Å². The molecular weight excluding hydrogens is 260 g/mol. The van der Waals surface area contributed by atoms with Gasteiger partial charge in [-0.25, -0.2) is 9.97 Å². The number of anilines is 1. The lowest BCUT2D eigenvalue weighted by atomic mass is 10.3. The number of imidazole rings is 1. The normalized spacial score (nSPS) is 16.0. The molecule has 0 spiro atoms. The second kappa shape index (κ2) is 5.30. The van der Waals surface area contributed by atoms with E-state index in [0.29, 0.717) is 0 Å². The van der Waals surface area contributed by atoms with E-state index in [-0.39, 0.29) is 0 Å². The van der Waals surface area contributed by atoms with Gasteiger partial charge in [0.1, 0.15) is 6.33 Å². The van der Waals surface area contributed by atoms with Crippen LogP contribution in [0.2, 0.25) is 0 Å². The van der Waals surface area contributed by atoms with Gasteiger partial charge in [-0.15, -0.1) is 11.3 Å². The fraction of sp³-hybridized carbons (Fsp3) is 0.538. The van der Waals surface area contributed by atoms with E-state index in [0.717, 1.165) is 49.4 Å². The molecule has 1 fully saturated rings. The van der Waals surface area contributed by atoms with E-state index >= 15 is 0 Å². The maximum absolute atomic E-state index is 5.37. The predicted molar refractivity (Wildman–Crippen MR) is 76.4 cm³/mol. The summed E-state index contributed by atoms with van der Waals surface area (Å²) in [6.07, 6.45) is 2.83. The second-order valence-corrected chi connectivity index (χ2v) is 5.42. The minimum absolute atomic E-state index is 0.791. The molecule has 0 bridgehead atoms. The van der Waals surface area contributed by atoms with E-state index in [1.165, 1.54) is 5.69 Å². The lowest BCUT2D eigenvalue weighted by Crippen LogP contribution is -2.36. The molecule has 3 heterocycles. The first-order valence-corrected chi connectivity index (χ1v) is 7.49. The molecule has 6 heteroatoms. The highest BCUT2D eigenvalue weighted by Crippen LogP contribution is 2.24. The van der Waals surface area contributed by atoms with Gasteiger partial charge in [-0.3, -0.25) is 4.57 Å². The first-order chi connectivity index (χ1) is 9.29. The molecule has 0 radical (unpaired) electrons. The van der Waals surface area contributed by atoms with Crippen LogP contribution in [0.25, 0.3) is 5.82 Å². The predicted octanol–water partition coefficient (Wildman–Crippen LogP) is 2.04. The molecule has 3 rings (SSSR count). The van der Waals surface area contributed by atoms with Crippen LogP contribution in [-0.4, -0.2) is 40.8 Å². The number of hydrogen-bond acceptors (Lipinski definition) is 5. The second-order valence-electron chi connectivity index (χ2n) is 4.59. The molecule has 1 saturated heterocycles. The van der Waals surface area contributed by atoms with E-state index in [9.17, 15) is 0 Å². The third kappa shape index (κ3) is 2.37. The van der Waals surface area contributed by atoms with Crippen LogP contribution >= 0.6 is 11.3 Å². The van der Waals surface area contributed by atoms with Crippen LogP contribution in [-0.2, 0) is 11.2 Å². The minimum atomic E-state index is 0.791. The molecule has 0 amide bonds. The summed E-state index contributed by atoms with van der Waals surface area (Å²) < 4.78 is 7.44. The number of hydrogen-bond donors (Lipinski definition) is 0. The zero-order valence-corrected chi connectivity index (χ0v) is 12.1. The van der Waals surface area contributed by atoms with E-state index in [4.69, 9.17) is 9.72 Å². The molecule has 5 nitrogen and oxygen atoms in total. The Labute approximate surface area is 116 Å². The van der Waals surface area contributed by atoms with Crippen molar-refractivity contribution in [1.82, 2.24) is 14.5 Å². The van der Waals surface area contributed by atoms with Gasteiger partial charge in [0.2, 0.25) is 0 Å². The van der Waals surface area contributed by atoms with Gasteiger partial charge >= 0.3 is 0 Å². The van der Waals surface area contributed by atoms with Crippen molar-refractivity contribution in [1.29, 1.82) is 0 Å². The average molecular weight is 278 g/mol. The summed E-state index contributed by atoms with van der Waals surface area (Å²) in [6, 6.07) is 0. The fourth-order valence-corrected chi connectivity index (χ4v) is 3.15. The zero-order valence-electron chi connectivity index (χ0n) is 11.3. The Balaban J connectivity index is 1.85. The zero-order chi connectivity index (χ0) is 13.2. The molecule has 1 aliphatic heterocycles. The highest BCUT2D eigenvalue weighted by molar-refractivity contribution is 7.14. The van der Waals surface area contributed by atoms with Crippen molar-refractivity contribution in [2.45, 2.75) is 20.3 Å². The Morgan fingerprint density at radius 3 is 2.84 bits per heavy atom. The lowest BCUT2D eigenvalue weighted by Gasteiger charge is -2.25. The van der Waals surface area contributed by atoms with Crippen LogP contribution in [0.3, 0.4) is 0 Å². The van der Waals surface area contributed by atoms with E-state index in [1.807, 2.05) is 6.33 Å². The van der Waals surface area contributed by atoms with Crippen LogP contribution in [0.5, 0.6) is 0 Å². The van der Waals surface area contributed by atoms with Crippen molar-refractivity contribution in [3.63, 3.8) is 0 Å². The highest BCUT2D eigenvalue weighted by atomic mass is 32.1. The molecule has 0 saturated carbocycles. The number of aryl methyl sites for hydroxylation is 1. The first-order valence-electron chi connectivity index (χ1n) is 6.61. The summed E-state index contributed by atoms with van der Waals surface area (Å²) >= 11 is 1.69. The van der Waals surface area contributed by atoms with Crippen molar-refractivity contribution in [3.05, 3.63) is 23.1 Å². The fourth-order valence-electron chi connectivity index (χ4n) is 2.29. The Hall–Kier alpha value is -1.40. The number of rotatable bonds is 3. The van der Waals surface area contributed by atoms with Gasteiger partial charge in [0.25, 0.3) is 0 Å². The minimum Gasteiger partial charge on any atom is -0.378 e. The molecule has 1 aliphatic rings. The van der Waals surface area contributed by atoms with Crippen LogP contribution in [0.15, 0.2) is 11.7 Å². The quantitative estimate of drug-likeness (QED) is 0.861. The van der Waals surface area contributed by atoms with Gasteiger partial charge in [0, 0.05) is 24.2 Å². The van der Waals surface area contributed by atoms with Crippen molar-refractivity contribution < 1.29 is 4.74 Å². The Morgan fingerprint density at radius 1 is 1.37 bits per heavy atom. The van der Waals surface area contributed by atoms with Gasteiger partial charge in [0.15, 0.2) is 10.9 Å². The molecule has 0 aliphatic carbocycles. The van der Waals surface area contributed by atoms with Crippen molar-refractivity contribution in [3.8, 4) is 5.82 Å². The van der Waals surface area contributed by atoms with Crippen molar-refractivity contribution in [2.75, 3.05) is 31.2 Å². The number of thiazole rings is 1. The lowest BCUT2D eigenvalue weighted by molar-refractivity contribution is 0.122. The molecule has 2 aromatic heterocycles. The molecule has 0 N–H and O–H groups in total. The molecule has 0 unspecified atom stereocenters. The van der Waals surface area contributed by atoms with E-state index in [2.05, 4.69) is 33.7 Å². The van der Waals surface area contributed by atoms with Crippen molar-refractivity contribution >= 4 is 16.5 Å². The molecule has 2 aromatic rings.